The van der Waals surface area contributed by atoms with Crippen LogP contribution in [0.25, 0.3) is 33.4 Å². The largest absolute Gasteiger partial charge is 0.478 e. The number of hydrogen-bond acceptors (Lipinski definition) is 19. The Hall–Kier alpha value is -8.42. The molecule has 11 N–H and O–H groups in total. The standard InChI is InChI=1S/C63H69N9O16S4/c1-30-21-38(13-17-47(30)68-63-70-61(64)69-62(71-63)66-43-25-40(59(73)74)24-41(26-43)60(75)76)23-39-14-18-48(31(2)22-39)72-89(77,78)52-12-10-9-11-45(52)54-44-16-15-42(65-55-32(3)19-34(5)57(36(55)7)91(82,83)84)27-50(44)88-51-29-49(53(28-46(51)54)90(79,80)81)67-56-33(4)20-35(6)58(37(56)8)92(85,86)87/h9-12,15-16,19-20,24-31,38-39,47-48,65,72H,13-14,17-18,21-23H2,1-8H3,(H,73,74)(H,75,76)(H,79,80,81)(H,82,83,84)(H,85,86,87)(H4,64,66,68,69,70,71)/b67-49+. The molecule has 5 aromatic carbocycles. The van der Waals surface area contributed by atoms with Gasteiger partial charge in [0.1, 0.15) is 26.0 Å². The molecule has 1 aliphatic heterocycles. The van der Waals surface area contributed by atoms with Crippen LogP contribution in [-0.4, -0.2) is 96.5 Å². The van der Waals surface area contributed by atoms with Gasteiger partial charge < -0.3 is 36.3 Å². The third-order valence-electron chi connectivity index (χ3n) is 17.5. The molecule has 1 aromatic heterocycles. The van der Waals surface area contributed by atoms with Crippen LogP contribution < -0.4 is 31.8 Å². The number of anilines is 6. The average molecular weight is 1340 g/mol. The summed E-state index contributed by atoms with van der Waals surface area (Å²) in [6.07, 6.45) is 5.47. The molecular weight excluding hydrogens is 1270 g/mol. The summed E-state index contributed by atoms with van der Waals surface area (Å²) < 4.78 is 149. The van der Waals surface area contributed by atoms with E-state index in [0.717, 1.165) is 50.7 Å². The maximum absolute atomic E-state index is 15.1. The molecule has 2 heterocycles. The Morgan fingerprint density at radius 2 is 1.20 bits per heavy atom. The predicted octanol–water partition coefficient (Wildman–Crippen LogP) is 11.1. The molecule has 10 rings (SSSR count). The maximum atomic E-state index is 15.1. The highest BCUT2D eigenvalue weighted by Gasteiger charge is 2.37. The molecular formula is C63H69N9O16S4. The number of aromatic carboxylic acids is 2. The minimum atomic E-state index is -5.19. The molecule has 6 unspecified atom stereocenters. The number of benzene rings is 6. The van der Waals surface area contributed by atoms with E-state index in [1.54, 1.807) is 63.2 Å². The lowest BCUT2D eigenvalue weighted by Gasteiger charge is -2.39. The van der Waals surface area contributed by atoms with E-state index in [-0.39, 0.29) is 118 Å². The number of sulfonamides is 1. The van der Waals surface area contributed by atoms with Crippen LogP contribution in [0.2, 0.25) is 0 Å². The van der Waals surface area contributed by atoms with Crippen LogP contribution in [0.3, 0.4) is 0 Å². The summed E-state index contributed by atoms with van der Waals surface area (Å²) in [7, 11) is -19.1. The number of aryl methyl sites for hydroxylation is 4. The van der Waals surface area contributed by atoms with E-state index in [9.17, 15) is 58.7 Å². The van der Waals surface area contributed by atoms with Gasteiger partial charge in [-0.15, -0.1) is 0 Å². The van der Waals surface area contributed by atoms with Gasteiger partial charge in [-0.3, -0.25) is 13.7 Å². The van der Waals surface area contributed by atoms with Crippen molar-refractivity contribution in [1.29, 1.82) is 0 Å². The van der Waals surface area contributed by atoms with Gasteiger partial charge in [-0.05, 0) is 186 Å². The van der Waals surface area contributed by atoms with Crippen molar-refractivity contribution >= 4 is 104 Å². The Morgan fingerprint density at radius 3 is 1.79 bits per heavy atom. The van der Waals surface area contributed by atoms with Gasteiger partial charge in [0.05, 0.1) is 27.1 Å². The van der Waals surface area contributed by atoms with Gasteiger partial charge in [-0.1, -0.05) is 44.2 Å². The molecule has 29 heteroatoms. The number of carbonyl (C=O) groups is 2. The van der Waals surface area contributed by atoms with Gasteiger partial charge in [0.15, 0.2) is 0 Å². The summed E-state index contributed by atoms with van der Waals surface area (Å²) in [5.74, 6) is -1.90. The van der Waals surface area contributed by atoms with E-state index >= 15 is 8.42 Å². The van der Waals surface area contributed by atoms with Crippen molar-refractivity contribution in [1.82, 2.24) is 19.7 Å². The fourth-order valence-corrected chi connectivity index (χ4v) is 17.7. The third kappa shape index (κ3) is 14.0. The fourth-order valence-electron chi connectivity index (χ4n) is 13.5. The van der Waals surface area contributed by atoms with Crippen LogP contribution in [0, 0.1) is 65.2 Å². The van der Waals surface area contributed by atoms with E-state index in [4.69, 9.17) is 10.2 Å². The van der Waals surface area contributed by atoms with E-state index in [1.807, 2.05) is 6.92 Å². The Balaban J connectivity index is 0.933. The number of carboxylic acid groups (broad SMARTS) is 2. The van der Waals surface area contributed by atoms with Gasteiger partial charge in [0, 0.05) is 63.4 Å². The van der Waals surface area contributed by atoms with Crippen molar-refractivity contribution in [3.63, 3.8) is 0 Å². The van der Waals surface area contributed by atoms with Crippen LogP contribution in [0.5, 0.6) is 0 Å². The Bertz CT molecular complexity index is 4840. The van der Waals surface area contributed by atoms with Gasteiger partial charge in [-0.25, -0.2) is 27.7 Å². The molecule has 0 saturated heterocycles. The van der Waals surface area contributed by atoms with E-state index < -0.39 is 73.5 Å². The molecule has 25 nitrogen and oxygen atoms in total. The molecule has 2 saturated carbocycles. The summed E-state index contributed by atoms with van der Waals surface area (Å²) in [5.41, 5.74) is 8.55. The maximum Gasteiger partial charge on any atom is 0.335 e. The molecule has 0 radical (unpaired) electrons. The molecule has 6 aromatic rings. The van der Waals surface area contributed by atoms with E-state index in [1.165, 1.54) is 51.1 Å². The molecule has 92 heavy (non-hydrogen) atoms. The van der Waals surface area contributed by atoms with E-state index in [0.29, 0.717) is 46.3 Å². The molecule has 0 spiro atoms. The number of carboxylic acids is 2. The molecule has 6 atom stereocenters. The normalized spacial score (nSPS) is 19.3. The zero-order valence-corrected chi connectivity index (χ0v) is 54.5. The number of nitrogens with two attached hydrogens (primary N) is 1. The van der Waals surface area contributed by atoms with Gasteiger partial charge >= 0.3 is 11.9 Å². The predicted molar refractivity (Wildman–Crippen MR) is 345 cm³/mol. The third-order valence-corrected chi connectivity index (χ3v) is 22.2. The Morgan fingerprint density at radius 1 is 0.609 bits per heavy atom. The second kappa shape index (κ2) is 25.2. The second-order valence-electron chi connectivity index (χ2n) is 24.2. The summed E-state index contributed by atoms with van der Waals surface area (Å²) in [4.78, 5) is 39.2. The zero-order valence-electron chi connectivity index (χ0n) is 51.2. The SMILES string of the molecule is Cc1cc(C)c(S(=O)(=O)O)c(C)c1/N=c1\cc2oc3cc(Nc4c(C)cc(C)c(S(=O)(=O)O)c4C)ccc3c(-c3ccccc3S(=O)(=O)NC3CCC(CC4CCC(Nc5nc(N)nc(Nc6cc(C(=O)O)cc(C(=O)O)c6)n5)C(C)C4)CC3C)c-2cc1S(=O)(=O)O. The minimum Gasteiger partial charge on any atom is -0.478 e. The second-order valence-corrected chi connectivity index (χ2v) is 30.0. The van der Waals surface area contributed by atoms with Crippen LogP contribution in [0.1, 0.15) is 113 Å². The summed E-state index contributed by atoms with van der Waals surface area (Å²) in [6, 6.07) is 19.4. The molecule has 2 fully saturated rings. The molecule has 486 valence electrons. The quantitative estimate of drug-likeness (QED) is 0.0282. The first kappa shape index (κ1) is 66.5. The van der Waals surface area contributed by atoms with Crippen molar-refractivity contribution in [3.8, 4) is 22.5 Å². The minimum absolute atomic E-state index is 0.0151. The lowest BCUT2D eigenvalue weighted by Crippen LogP contribution is -2.43. The lowest BCUT2D eigenvalue weighted by molar-refractivity contribution is 0.0696. The lowest BCUT2D eigenvalue weighted by atomic mass is 9.71. The summed E-state index contributed by atoms with van der Waals surface area (Å²) in [5, 5.41) is 28.5. The van der Waals surface area contributed by atoms with Crippen LogP contribution in [0.15, 0.2) is 114 Å². The number of nitrogens with one attached hydrogen (secondary N) is 4. The monoisotopic (exact) mass is 1340 g/mol. The number of hydrogen-bond donors (Lipinski definition) is 10. The summed E-state index contributed by atoms with van der Waals surface area (Å²) >= 11 is 0. The van der Waals surface area contributed by atoms with Crippen molar-refractivity contribution < 1.29 is 71.5 Å². The first-order valence-electron chi connectivity index (χ1n) is 29.3. The first-order valence-corrected chi connectivity index (χ1v) is 35.1. The van der Waals surface area contributed by atoms with Gasteiger partial charge in [0.2, 0.25) is 27.9 Å². The van der Waals surface area contributed by atoms with Crippen LogP contribution >= 0.6 is 0 Å². The van der Waals surface area contributed by atoms with Crippen molar-refractivity contribution in [2.24, 2.45) is 28.7 Å². The van der Waals surface area contributed by atoms with Crippen molar-refractivity contribution in [2.75, 3.05) is 21.7 Å². The average Bonchev–Trinajstić information content (AvgIpc) is 0.734. The number of rotatable bonds is 18. The summed E-state index contributed by atoms with van der Waals surface area (Å²) in [6.45, 7) is 13.5. The van der Waals surface area contributed by atoms with Gasteiger partial charge in [0.25, 0.3) is 30.4 Å². The number of fused-ring (bicyclic) bond motifs is 2. The highest BCUT2D eigenvalue weighted by molar-refractivity contribution is 7.89. The molecule has 0 amide bonds. The first-order chi connectivity index (χ1) is 43.0. The number of nitrogens with zero attached hydrogens (tertiary/aromatic N) is 4. The highest BCUT2D eigenvalue weighted by atomic mass is 32.2. The molecule has 0 bridgehead atoms. The van der Waals surface area contributed by atoms with Crippen LogP contribution in [0.4, 0.5) is 40.6 Å². The molecule has 3 aliphatic carbocycles. The number of aromatic nitrogens is 3. The van der Waals surface area contributed by atoms with Crippen molar-refractivity contribution in [3.05, 3.63) is 135 Å². The zero-order chi connectivity index (χ0) is 66.8. The highest BCUT2D eigenvalue weighted by Crippen LogP contribution is 2.46. The molecule has 4 aliphatic rings. The number of nitrogen functional groups attached to an aromatic ring is 1. The Kier molecular flexibility index (Phi) is 18.2. The smallest absolute Gasteiger partial charge is 0.335 e. The Labute approximate surface area is 531 Å². The van der Waals surface area contributed by atoms with E-state index in [2.05, 4.69) is 47.5 Å². The fraction of sp³-hybridized carbons (Fsp3) is 0.333. The van der Waals surface area contributed by atoms with Crippen LogP contribution in [-0.2, 0) is 40.4 Å². The topological polar surface area (TPSA) is 410 Å². The van der Waals surface area contributed by atoms with Gasteiger partial charge in [-0.2, -0.15) is 40.2 Å². The van der Waals surface area contributed by atoms with Crippen molar-refractivity contribution in [2.45, 2.75) is 132 Å².